The molecule has 0 fully saturated rings. The highest BCUT2D eigenvalue weighted by Gasteiger charge is 2.10. The SMILES string of the molecule is CCOC(=O)Oc1ccc(C(=O)NCc2ccc(NC(=O)c3cccc(OC)c3)cc2)cc1. The molecule has 0 atom stereocenters. The Kier molecular flexibility index (Phi) is 8.02. The molecule has 0 aromatic heterocycles. The fourth-order valence-corrected chi connectivity index (χ4v) is 2.88. The van der Waals surface area contributed by atoms with Crippen molar-refractivity contribution < 1.29 is 28.6 Å². The van der Waals surface area contributed by atoms with Gasteiger partial charge in [0.15, 0.2) is 0 Å². The number of benzene rings is 3. The van der Waals surface area contributed by atoms with Gasteiger partial charge in [-0.15, -0.1) is 0 Å². The summed E-state index contributed by atoms with van der Waals surface area (Å²) in [6.07, 6.45) is -0.794. The molecule has 8 nitrogen and oxygen atoms in total. The van der Waals surface area contributed by atoms with Crippen LogP contribution < -0.4 is 20.1 Å². The summed E-state index contributed by atoms with van der Waals surface area (Å²) in [6.45, 7) is 2.21. The highest BCUT2D eigenvalue weighted by molar-refractivity contribution is 6.04. The summed E-state index contributed by atoms with van der Waals surface area (Å²) in [7, 11) is 1.55. The summed E-state index contributed by atoms with van der Waals surface area (Å²) in [6, 6.07) is 20.2. The summed E-state index contributed by atoms with van der Waals surface area (Å²) in [5.41, 5.74) is 2.41. The third-order valence-corrected chi connectivity index (χ3v) is 4.58. The van der Waals surface area contributed by atoms with E-state index in [0.29, 0.717) is 29.1 Å². The first kappa shape index (κ1) is 23.3. The number of carbonyl (C=O) groups excluding carboxylic acids is 3. The van der Waals surface area contributed by atoms with Crippen molar-refractivity contribution >= 4 is 23.7 Å². The van der Waals surface area contributed by atoms with E-state index in [2.05, 4.69) is 10.6 Å². The van der Waals surface area contributed by atoms with Gasteiger partial charge >= 0.3 is 6.16 Å². The average molecular weight is 448 g/mol. The predicted octanol–water partition coefficient (Wildman–Crippen LogP) is 4.41. The molecule has 170 valence electrons. The molecule has 2 N–H and O–H groups in total. The smallest absolute Gasteiger partial charge is 0.497 e. The van der Waals surface area contributed by atoms with E-state index in [4.69, 9.17) is 14.2 Å². The van der Waals surface area contributed by atoms with Crippen molar-refractivity contribution in [2.75, 3.05) is 19.0 Å². The fraction of sp³-hybridized carbons (Fsp3) is 0.160. The molecule has 8 heteroatoms. The summed E-state index contributed by atoms with van der Waals surface area (Å²) in [5, 5.41) is 5.65. The highest BCUT2D eigenvalue weighted by Crippen LogP contribution is 2.16. The van der Waals surface area contributed by atoms with Crippen LogP contribution in [0.25, 0.3) is 0 Å². The van der Waals surface area contributed by atoms with Gasteiger partial charge in [0.25, 0.3) is 11.8 Å². The van der Waals surface area contributed by atoms with Crippen LogP contribution in [0.1, 0.15) is 33.2 Å². The van der Waals surface area contributed by atoms with Gasteiger partial charge in [-0.3, -0.25) is 9.59 Å². The van der Waals surface area contributed by atoms with Gasteiger partial charge < -0.3 is 24.8 Å². The van der Waals surface area contributed by atoms with Crippen molar-refractivity contribution in [3.63, 3.8) is 0 Å². The number of ether oxygens (including phenoxy) is 3. The topological polar surface area (TPSA) is 103 Å². The molecule has 0 saturated carbocycles. The molecule has 33 heavy (non-hydrogen) atoms. The maximum atomic E-state index is 12.4. The number of carbonyl (C=O) groups is 3. The summed E-state index contributed by atoms with van der Waals surface area (Å²) < 4.78 is 14.8. The van der Waals surface area contributed by atoms with Crippen molar-refractivity contribution in [1.29, 1.82) is 0 Å². The monoisotopic (exact) mass is 448 g/mol. The molecule has 0 aliphatic carbocycles. The van der Waals surface area contributed by atoms with Crippen molar-refractivity contribution in [3.05, 3.63) is 89.5 Å². The molecular formula is C25H24N2O6. The van der Waals surface area contributed by atoms with E-state index in [1.807, 2.05) is 12.1 Å². The quantitative estimate of drug-likeness (QED) is 0.391. The predicted molar refractivity (Wildman–Crippen MR) is 123 cm³/mol. The van der Waals surface area contributed by atoms with Crippen molar-refractivity contribution in [3.8, 4) is 11.5 Å². The molecule has 0 radical (unpaired) electrons. The number of rotatable bonds is 8. The molecule has 0 bridgehead atoms. The number of methoxy groups -OCH3 is 1. The summed E-state index contributed by atoms with van der Waals surface area (Å²) in [4.78, 5) is 36.1. The largest absolute Gasteiger partial charge is 0.513 e. The Morgan fingerprint density at radius 3 is 2.21 bits per heavy atom. The molecule has 0 saturated heterocycles. The van der Waals surface area contributed by atoms with Gasteiger partial charge in [0.1, 0.15) is 11.5 Å². The second-order valence-electron chi connectivity index (χ2n) is 6.88. The van der Waals surface area contributed by atoms with E-state index < -0.39 is 6.16 Å². The lowest BCUT2D eigenvalue weighted by atomic mass is 10.1. The van der Waals surface area contributed by atoms with Crippen LogP contribution in [0.5, 0.6) is 11.5 Å². The molecule has 0 unspecified atom stereocenters. The minimum absolute atomic E-state index is 0.217. The maximum absolute atomic E-state index is 12.4. The first-order valence-electron chi connectivity index (χ1n) is 10.3. The van der Waals surface area contributed by atoms with Crippen LogP contribution in [-0.2, 0) is 11.3 Å². The van der Waals surface area contributed by atoms with Crippen LogP contribution in [0.15, 0.2) is 72.8 Å². The second-order valence-corrected chi connectivity index (χ2v) is 6.88. The average Bonchev–Trinajstić information content (AvgIpc) is 2.84. The van der Waals surface area contributed by atoms with Crippen LogP contribution in [0.3, 0.4) is 0 Å². The van der Waals surface area contributed by atoms with Gasteiger partial charge in [-0.25, -0.2) is 4.79 Å². The van der Waals surface area contributed by atoms with Gasteiger partial charge in [0.2, 0.25) is 0 Å². The zero-order valence-corrected chi connectivity index (χ0v) is 18.3. The van der Waals surface area contributed by atoms with E-state index in [0.717, 1.165) is 5.56 Å². The lowest BCUT2D eigenvalue weighted by molar-refractivity contribution is 0.0950. The highest BCUT2D eigenvalue weighted by atomic mass is 16.7. The zero-order chi connectivity index (χ0) is 23.6. The van der Waals surface area contributed by atoms with Gasteiger partial charge in [-0.05, 0) is 67.1 Å². The Morgan fingerprint density at radius 2 is 1.55 bits per heavy atom. The van der Waals surface area contributed by atoms with Gasteiger partial charge in [-0.2, -0.15) is 0 Å². The maximum Gasteiger partial charge on any atom is 0.513 e. The van der Waals surface area contributed by atoms with Crippen LogP contribution in [-0.4, -0.2) is 31.7 Å². The zero-order valence-electron chi connectivity index (χ0n) is 18.3. The standard InChI is InChI=1S/C25H24N2O6/c1-3-32-25(30)33-21-13-9-18(10-14-21)23(28)26-16-17-7-11-20(12-8-17)27-24(29)19-5-4-6-22(15-19)31-2/h4-15H,3,16H2,1-2H3,(H,26,28)(H,27,29). The summed E-state index contributed by atoms with van der Waals surface area (Å²) in [5.74, 6) is 0.380. The van der Waals surface area contributed by atoms with Crippen molar-refractivity contribution in [2.45, 2.75) is 13.5 Å². The summed E-state index contributed by atoms with van der Waals surface area (Å²) >= 11 is 0. The molecule has 0 aliphatic heterocycles. The number of hydrogen-bond acceptors (Lipinski definition) is 6. The first-order valence-corrected chi connectivity index (χ1v) is 10.3. The van der Waals surface area contributed by atoms with Crippen LogP contribution in [0.2, 0.25) is 0 Å². The first-order chi connectivity index (χ1) is 16.0. The van der Waals surface area contributed by atoms with E-state index in [1.165, 1.54) is 12.1 Å². The Hall–Kier alpha value is -4.33. The van der Waals surface area contributed by atoms with Gasteiger partial charge in [-0.1, -0.05) is 18.2 Å². The Labute approximate surface area is 191 Å². The van der Waals surface area contributed by atoms with Crippen LogP contribution >= 0.6 is 0 Å². The number of anilines is 1. The number of hydrogen-bond donors (Lipinski definition) is 2. The minimum atomic E-state index is -0.794. The molecule has 0 aliphatic rings. The Morgan fingerprint density at radius 1 is 0.818 bits per heavy atom. The van der Waals surface area contributed by atoms with Crippen LogP contribution in [0, 0.1) is 0 Å². The molecule has 3 aromatic carbocycles. The molecular weight excluding hydrogens is 424 g/mol. The van der Waals surface area contributed by atoms with Crippen molar-refractivity contribution in [1.82, 2.24) is 5.32 Å². The Bertz CT molecular complexity index is 1110. The number of nitrogens with one attached hydrogen (secondary N) is 2. The minimum Gasteiger partial charge on any atom is -0.497 e. The molecule has 3 rings (SSSR count). The van der Waals surface area contributed by atoms with E-state index in [9.17, 15) is 14.4 Å². The molecule has 0 heterocycles. The number of amides is 2. The van der Waals surface area contributed by atoms with Gasteiger partial charge in [0, 0.05) is 23.4 Å². The third kappa shape index (κ3) is 6.83. The van der Waals surface area contributed by atoms with Crippen LogP contribution in [0.4, 0.5) is 10.5 Å². The fourth-order valence-electron chi connectivity index (χ4n) is 2.88. The van der Waals surface area contributed by atoms with E-state index in [1.54, 1.807) is 62.6 Å². The molecule has 3 aromatic rings. The molecule has 2 amide bonds. The normalized spacial score (nSPS) is 10.1. The molecule has 0 spiro atoms. The lowest BCUT2D eigenvalue weighted by Crippen LogP contribution is -2.22. The van der Waals surface area contributed by atoms with Crippen molar-refractivity contribution in [2.24, 2.45) is 0 Å². The van der Waals surface area contributed by atoms with E-state index in [-0.39, 0.29) is 24.2 Å². The van der Waals surface area contributed by atoms with Gasteiger partial charge in [0.05, 0.1) is 13.7 Å². The lowest BCUT2D eigenvalue weighted by Gasteiger charge is -2.09. The Balaban J connectivity index is 1.51. The second kappa shape index (κ2) is 11.3. The van der Waals surface area contributed by atoms with E-state index >= 15 is 0 Å². The third-order valence-electron chi connectivity index (χ3n) is 4.58.